The molecule has 1 rings (SSSR count). The van der Waals surface area contributed by atoms with Crippen molar-refractivity contribution in [3.8, 4) is 0 Å². The van der Waals surface area contributed by atoms with Gasteiger partial charge in [-0.25, -0.2) is 0 Å². The summed E-state index contributed by atoms with van der Waals surface area (Å²) in [4.78, 5) is 11.0. The lowest BCUT2D eigenvalue weighted by molar-refractivity contribution is -0.384. The molecule has 15 heavy (non-hydrogen) atoms. The van der Waals surface area contributed by atoms with E-state index in [4.69, 9.17) is 5.73 Å². The maximum Gasteiger partial charge on any atom is 0.293 e. The lowest BCUT2D eigenvalue weighted by atomic mass is 10.3. The molecule has 0 aliphatic carbocycles. The molecule has 0 bridgehead atoms. The van der Waals surface area contributed by atoms with Gasteiger partial charge in [0.2, 0.25) is 0 Å². The molecule has 0 atom stereocenters. The second kappa shape index (κ2) is 5.97. The molecule has 0 aliphatic heterocycles. The second-order valence-corrected chi connectivity index (χ2v) is 4.83. The molecule has 0 radical (unpaired) electrons. The number of nitro benzene ring substituents is 1. The molecule has 82 valence electrons. The Balaban J connectivity index is 2.74. The standard InChI is InChI=1S/C9H11BrN2O2S/c10-4-1-5-15-7-2-3-8(11)9(6-7)12(13)14/h2-3,6H,1,4-5,11H2. The number of nitrogens with zero attached hydrogens (tertiary/aromatic N) is 1. The van der Waals surface area contributed by atoms with Gasteiger partial charge in [-0.3, -0.25) is 10.1 Å². The van der Waals surface area contributed by atoms with E-state index in [1.807, 2.05) is 0 Å². The number of hydrogen-bond donors (Lipinski definition) is 1. The fourth-order valence-electron chi connectivity index (χ4n) is 1.02. The Morgan fingerprint density at radius 2 is 2.27 bits per heavy atom. The van der Waals surface area contributed by atoms with E-state index in [0.717, 1.165) is 22.4 Å². The summed E-state index contributed by atoms with van der Waals surface area (Å²) >= 11 is 4.93. The maximum absolute atomic E-state index is 10.6. The summed E-state index contributed by atoms with van der Waals surface area (Å²) in [5.74, 6) is 0.937. The molecular formula is C9H11BrN2O2S. The monoisotopic (exact) mass is 290 g/mol. The van der Waals surface area contributed by atoms with Crippen LogP contribution in [0, 0.1) is 10.1 Å². The summed E-state index contributed by atoms with van der Waals surface area (Å²) in [6.45, 7) is 0. The molecule has 1 aromatic carbocycles. The first-order chi connectivity index (χ1) is 7.15. The zero-order valence-electron chi connectivity index (χ0n) is 7.98. The van der Waals surface area contributed by atoms with Crippen LogP contribution in [0.2, 0.25) is 0 Å². The Bertz CT molecular complexity index is 360. The van der Waals surface area contributed by atoms with Crippen LogP contribution in [0.25, 0.3) is 0 Å². The van der Waals surface area contributed by atoms with Gasteiger partial charge < -0.3 is 5.73 Å². The fraction of sp³-hybridized carbons (Fsp3) is 0.333. The van der Waals surface area contributed by atoms with Gasteiger partial charge in [0.25, 0.3) is 5.69 Å². The first-order valence-electron chi connectivity index (χ1n) is 4.38. The van der Waals surface area contributed by atoms with Crippen LogP contribution in [0.5, 0.6) is 0 Å². The van der Waals surface area contributed by atoms with E-state index < -0.39 is 4.92 Å². The highest BCUT2D eigenvalue weighted by Crippen LogP contribution is 2.28. The van der Waals surface area contributed by atoms with Gasteiger partial charge in [-0.05, 0) is 24.3 Å². The SMILES string of the molecule is Nc1ccc(SCCCBr)cc1[N+](=O)[O-]. The normalized spacial score (nSPS) is 10.2. The number of halogens is 1. The van der Waals surface area contributed by atoms with Crippen LogP contribution in [0.15, 0.2) is 23.1 Å². The highest BCUT2D eigenvalue weighted by molar-refractivity contribution is 9.09. The summed E-state index contributed by atoms with van der Waals surface area (Å²) in [5, 5.41) is 11.6. The van der Waals surface area contributed by atoms with Crippen LogP contribution in [-0.4, -0.2) is 16.0 Å². The van der Waals surface area contributed by atoms with Crippen LogP contribution < -0.4 is 5.73 Å². The molecule has 0 unspecified atom stereocenters. The summed E-state index contributed by atoms with van der Waals surface area (Å²) < 4.78 is 0. The predicted molar refractivity (Wildman–Crippen MR) is 66.6 cm³/mol. The van der Waals surface area contributed by atoms with Crippen molar-refractivity contribution in [2.24, 2.45) is 0 Å². The number of thioether (sulfide) groups is 1. The second-order valence-electron chi connectivity index (χ2n) is 2.87. The van der Waals surface area contributed by atoms with Crippen LogP contribution in [-0.2, 0) is 0 Å². The molecule has 0 heterocycles. The number of nitrogen functional groups attached to an aromatic ring is 1. The Kier molecular flexibility index (Phi) is 4.90. The van der Waals surface area contributed by atoms with Crippen LogP contribution in [0.3, 0.4) is 0 Å². The van der Waals surface area contributed by atoms with E-state index in [-0.39, 0.29) is 11.4 Å². The Hall–Kier alpha value is -0.750. The van der Waals surface area contributed by atoms with Crippen molar-refractivity contribution >= 4 is 39.1 Å². The minimum atomic E-state index is -0.454. The number of benzene rings is 1. The summed E-state index contributed by atoms with van der Waals surface area (Å²) in [5.41, 5.74) is 5.68. The molecule has 4 nitrogen and oxygen atoms in total. The molecule has 0 aromatic heterocycles. The average Bonchev–Trinajstić information content (AvgIpc) is 2.20. The maximum atomic E-state index is 10.6. The molecule has 0 spiro atoms. The van der Waals surface area contributed by atoms with Crippen LogP contribution >= 0.6 is 27.7 Å². The zero-order valence-corrected chi connectivity index (χ0v) is 10.4. The van der Waals surface area contributed by atoms with E-state index >= 15 is 0 Å². The van der Waals surface area contributed by atoms with Gasteiger partial charge in [-0.15, -0.1) is 11.8 Å². The quantitative estimate of drug-likeness (QED) is 0.226. The van der Waals surface area contributed by atoms with E-state index in [1.54, 1.807) is 23.9 Å². The van der Waals surface area contributed by atoms with Crippen molar-refractivity contribution in [2.75, 3.05) is 16.8 Å². The van der Waals surface area contributed by atoms with Gasteiger partial charge in [0.1, 0.15) is 5.69 Å². The van der Waals surface area contributed by atoms with Gasteiger partial charge in [0, 0.05) is 16.3 Å². The van der Waals surface area contributed by atoms with Gasteiger partial charge >= 0.3 is 0 Å². The van der Waals surface area contributed by atoms with Gasteiger partial charge in [0.05, 0.1) is 4.92 Å². The van der Waals surface area contributed by atoms with Crippen molar-refractivity contribution in [2.45, 2.75) is 11.3 Å². The lowest BCUT2D eigenvalue weighted by Gasteiger charge is -2.01. The zero-order chi connectivity index (χ0) is 11.3. The van der Waals surface area contributed by atoms with E-state index in [9.17, 15) is 10.1 Å². The third kappa shape index (κ3) is 3.71. The van der Waals surface area contributed by atoms with Crippen molar-refractivity contribution in [1.82, 2.24) is 0 Å². The summed E-state index contributed by atoms with van der Waals surface area (Å²) in [6, 6.07) is 4.91. The largest absolute Gasteiger partial charge is 0.393 e. The molecule has 0 saturated carbocycles. The third-order valence-electron chi connectivity index (χ3n) is 1.75. The first-order valence-corrected chi connectivity index (χ1v) is 6.48. The molecule has 0 saturated heterocycles. The highest BCUT2D eigenvalue weighted by Gasteiger charge is 2.11. The fourth-order valence-corrected chi connectivity index (χ4v) is 2.55. The van der Waals surface area contributed by atoms with Crippen LogP contribution in [0.4, 0.5) is 11.4 Å². The molecule has 0 amide bonds. The minimum Gasteiger partial charge on any atom is -0.393 e. The van der Waals surface area contributed by atoms with E-state index in [0.29, 0.717) is 0 Å². The number of alkyl halides is 1. The number of nitro groups is 1. The predicted octanol–water partition coefficient (Wildman–Crippen LogP) is 3.05. The topological polar surface area (TPSA) is 69.2 Å². The molecule has 0 fully saturated rings. The van der Waals surface area contributed by atoms with Crippen molar-refractivity contribution < 1.29 is 4.92 Å². The summed E-state index contributed by atoms with van der Waals surface area (Å²) in [7, 11) is 0. The Labute approximate surface area is 101 Å². The lowest BCUT2D eigenvalue weighted by Crippen LogP contribution is -1.95. The molecule has 1 aromatic rings. The highest BCUT2D eigenvalue weighted by atomic mass is 79.9. The van der Waals surface area contributed by atoms with Gasteiger partial charge in [-0.2, -0.15) is 0 Å². The Morgan fingerprint density at radius 3 is 2.87 bits per heavy atom. The molecule has 2 N–H and O–H groups in total. The number of hydrogen-bond acceptors (Lipinski definition) is 4. The van der Waals surface area contributed by atoms with Gasteiger partial charge in [-0.1, -0.05) is 15.9 Å². The van der Waals surface area contributed by atoms with E-state index in [1.165, 1.54) is 6.07 Å². The summed E-state index contributed by atoms with van der Waals surface area (Å²) in [6.07, 6.45) is 1.03. The number of nitrogens with two attached hydrogens (primary N) is 1. The van der Waals surface area contributed by atoms with Crippen molar-refractivity contribution in [3.05, 3.63) is 28.3 Å². The number of rotatable bonds is 5. The van der Waals surface area contributed by atoms with Gasteiger partial charge in [0.15, 0.2) is 0 Å². The van der Waals surface area contributed by atoms with E-state index in [2.05, 4.69) is 15.9 Å². The molecule has 0 aliphatic rings. The van der Waals surface area contributed by atoms with Crippen LogP contribution in [0.1, 0.15) is 6.42 Å². The van der Waals surface area contributed by atoms with Crippen molar-refractivity contribution in [3.63, 3.8) is 0 Å². The minimum absolute atomic E-state index is 0.0150. The van der Waals surface area contributed by atoms with Crippen molar-refractivity contribution in [1.29, 1.82) is 0 Å². The Morgan fingerprint density at radius 1 is 1.53 bits per heavy atom. The average molecular weight is 291 g/mol. The number of anilines is 1. The molecular weight excluding hydrogens is 280 g/mol. The smallest absolute Gasteiger partial charge is 0.293 e. The third-order valence-corrected chi connectivity index (χ3v) is 3.39. The first kappa shape index (κ1) is 12.3. The molecule has 6 heteroatoms.